The van der Waals surface area contributed by atoms with Gasteiger partial charge in [0.25, 0.3) is 0 Å². The molecule has 0 aliphatic carbocycles. The van der Waals surface area contributed by atoms with Gasteiger partial charge in [0, 0.05) is 26.4 Å². The SMILES string of the molecule is CCC(C)O[Si](CCCN)(OC)OC. The molecule has 86 valence electrons. The van der Waals surface area contributed by atoms with E-state index in [1.807, 2.05) is 6.92 Å². The molecule has 0 aromatic carbocycles. The highest BCUT2D eigenvalue weighted by atomic mass is 28.4. The van der Waals surface area contributed by atoms with E-state index in [0.717, 1.165) is 18.9 Å². The second kappa shape index (κ2) is 7.36. The number of rotatable bonds is 8. The van der Waals surface area contributed by atoms with E-state index >= 15 is 0 Å². The number of hydrogen-bond acceptors (Lipinski definition) is 4. The van der Waals surface area contributed by atoms with Gasteiger partial charge in [-0.2, -0.15) is 0 Å². The summed E-state index contributed by atoms with van der Waals surface area (Å²) in [5.41, 5.74) is 5.46. The zero-order chi connectivity index (χ0) is 11.0. The van der Waals surface area contributed by atoms with Gasteiger partial charge in [-0.05, 0) is 26.3 Å². The van der Waals surface area contributed by atoms with Gasteiger partial charge in [-0.25, -0.2) is 0 Å². The molecule has 0 radical (unpaired) electrons. The first-order valence-corrected chi connectivity index (χ1v) is 7.05. The Morgan fingerprint density at radius 3 is 2.21 bits per heavy atom. The Morgan fingerprint density at radius 1 is 1.29 bits per heavy atom. The fourth-order valence-electron chi connectivity index (χ4n) is 1.15. The molecule has 0 rings (SSSR count). The van der Waals surface area contributed by atoms with Crippen LogP contribution in [0.5, 0.6) is 0 Å². The van der Waals surface area contributed by atoms with Gasteiger partial charge in [0.2, 0.25) is 0 Å². The van der Waals surface area contributed by atoms with E-state index in [1.54, 1.807) is 14.2 Å². The smallest absolute Gasteiger partial charge is 0.377 e. The molecule has 0 saturated carbocycles. The Morgan fingerprint density at radius 2 is 1.86 bits per heavy atom. The van der Waals surface area contributed by atoms with Crippen LogP contribution in [0.1, 0.15) is 26.7 Å². The first-order valence-electron chi connectivity index (χ1n) is 5.12. The quantitative estimate of drug-likeness (QED) is 0.629. The van der Waals surface area contributed by atoms with Gasteiger partial charge in [0.05, 0.1) is 0 Å². The average molecular weight is 221 g/mol. The molecule has 0 aromatic rings. The summed E-state index contributed by atoms with van der Waals surface area (Å²) >= 11 is 0. The van der Waals surface area contributed by atoms with E-state index < -0.39 is 8.80 Å². The summed E-state index contributed by atoms with van der Waals surface area (Å²) in [5, 5.41) is 0. The summed E-state index contributed by atoms with van der Waals surface area (Å²) in [6.07, 6.45) is 2.02. The largest absolute Gasteiger partial charge is 0.500 e. The molecule has 0 heterocycles. The van der Waals surface area contributed by atoms with E-state index in [2.05, 4.69) is 6.92 Å². The molecule has 2 N–H and O–H groups in total. The maximum Gasteiger partial charge on any atom is 0.500 e. The van der Waals surface area contributed by atoms with Crippen molar-refractivity contribution in [2.45, 2.75) is 38.8 Å². The van der Waals surface area contributed by atoms with Crippen molar-refractivity contribution in [3.8, 4) is 0 Å². The summed E-state index contributed by atoms with van der Waals surface area (Å²) in [4.78, 5) is 0. The van der Waals surface area contributed by atoms with Gasteiger partial charge in [0.15, 0.2) is 0 Å². The predicted molar refractivity (Wildman–Crippen MR) is 59.1 cm³/mol. The summed E-state index contributed by atoms with van der Waals surface area (Å²) in [6, 6.07) is 0.792. The van der Waals surface area contributed by atoms with Gasteiger partial charge in [-0.15, -0.1) is 0 Å². The van der Waals surface area contributed by atoms with Gasteiger partial charge >= 0.3 is 8.80 Å². The Kier molecular flexibility index (Phi) is 7.39. The first-order chi connectivity index (χ1) is 6.64. The van der Waals surface area contributed by atoms with Gasteiger partial charge in [-0.3, -0.25) is 0 Å². The molecule has 4 nitrogen and oxygen atoms in total. The minimum Gasteiger partial charge on any atom is -0.377 e. The Bertz CT molecular complexity index is 142. The van der Waals surface area contributed by atoms with Crippen LogP contribution in [-0.2, 0) is 13.3 Å². The lowest BCUT2D eigenvalue weighted by atomic mass is 10.3. The third-order valence-electron chi connectivity index (χ3n) is 2.26. The van der Waals surface area contributed by atoms with Crippen molar-refractivity contribution in [1.82, 2.24) is 0 Å². The zero-order valence-electron chi connectivity index (χ0n) is 9.71. The zero-order valence-corrected chi connectivity index (χ0v) is 10.7. The molecule has 1 unspecified atom stereocenters. The topological polar surface area (TPSA) is 53.7 Å². The summed E-state index contributed by atoms with van der Waals surface area (Å²) in [7, 11) is 0.866. The molecule has 1 atom stereocenters. The van der Waals surface area contributed by atoms with Crippen molar-refractivity contribution < 1.29 is 13.3 Å². The number of hydrogen-bond donors (Lipinski definition) is 1. The lowest BCUT2D eigenvalue weighted by Crippen LogP contribution is -2.46. The monoisotopic (exact) mass is 221 g/mol. The fourth-order valence-corrected chi connectivity index (χ4v) is 3.45. The van der Waals surface area contributed by atoms with E-state index in [1.165, 1.54) is 0 Å². The molecule has 5 heteroatoms. The third-order valence-corrected chi connectivity index (χ3v) is 5.24. The second-order valence-corrected chi connectivity index (χ2v) is 6.24. The van der Waals surface area contributed by atoms with Crippen molar-refractivity contribution >= 4 is 8.80 Å². The van der Waals surface area contributed by atoms with E-state index in [0.29, 0.717) is 6.54 Å². The minimum atomic E-state index is -2.43. The first kappa shape index (κ1) is 14.1. The molecule has 0 spiro atoms. The number of nitrogens with two attached hydrogens (primary N) is 1. The van der Waals surface area contributed by atoms with Gasteiger partial charge < -0.3 is 19.0 Å². The minimum absolute atomic E-state index is 0.180. The lowest BCUT2D eigenvalue weighted by Gasteiger charge is -2.29. The van der Waals surface area contributed by atoms with Crippen molar-refractivity contribution in [2.24, 2.45) is 5.73 Å². The highest BCUT2D eigenvalue weighted by Crippen LogP contribution is 2.18. The highest BCUT2D eigenvalue weighted by Gasteiger charge is 2.39. The van der Waals surface area contributed by atoms with Crippen LogP contribution in [-0.4, -0.2) is 35.7 Å². The molecule has 0 amide bonds. The fraction of sp³-hybridized carbons (Fsp3) is 1.00. The van der Waals surface area contributed by atoms with Crippen LogP contribution in [0.15, 0.2) is 0 Å². The molecule has 14 heavy (non-hydrogen) atoms. The van der Waals surface area contributed by atoms with E-state index in [-0.39, 0.29) is 6.10 Å². The highest BCUT2D eigenvalue weighted by molar-refractivity contribution is 6.60. The summed E-state index contributed by atoms with van der Waals surface area (Å²) < 4.78 is 16.6. The third kappa shape index (κ3) is 4.52. The van der Waals surface area contributed by atoms with Crippen LogP contribution in [0.2, 0.25) is 6.04 Å². The lowest BCUT2D eigenvalue weighted by molar-refractivity contribution is 0.0608. The van der Waals surface area contributed by atoms with E-state index in [4.69, 9.17) is 19.0 Å². The maximum atomic E-state index is 5.83. The summed E-state index contributed by atoms with van der Waals surface area (Å²) in [6.45, 7) is 4.76. The molecular weight excluding hydrogens is 198 g/mol. The Labute approximate surface area is 88.1 Å². The maximum absolute atomic E-state index is 5.83. The Hall–Kier alpha value is 0.0569. The standard InChI is InChI=1S/C9H23NO3Si/c1-5-9(2)13-14(11-3,12-4)8-6-7-10/h9H,5-8,10H2,1-4H3. The molecular formula is C9H23NO3Si. The van der Waals surface area contributed by atoms with Crippen LogP contribution in [0, 0.1) is 0 Å². The van der Waals surface area contributed by atoms with Crippen molar-refractivity contribution in [3.05, 3.63) is 0 Å². The van der Waals surface area contributed by atoms with Crippen LogP contribution in [0.3, 0.4) is 0 Å². The van der Waals surface area contributed by atoms with Crippen LogP contribution < -0.4 is 5.73 Å². The molecule has 0 saturated heterocycles. The van der Waals surface area contributed by atoms with Crippen LogP contribution in [0.25, 0.3) is 0 Å². The van der Waals surface area contributed by atoms with Crippen molar-refractivity contribution in [2.75, 3.05) is 20.8 Å². The van der Waals surface area contributed by atoms with Gasteiger partial charge in [0.1, 0.15) is 0 Å². The van der Waals surface area contributed by atoms with Crippen LogP contribution in [0.4, 0.5) is 0 Å². The molecule has 0 bridgehead atoms. The predicted octanol–water partition coefficient (Wildman–Crippen LogP) is 1.38. The van der Waals surface area contributed by atoms with Gasteiger partial charge in [-0.1, -0.05) is 6.92 Å². The van der Waals surface area contributed by atoms with Crippen molar-refractivity contribution in [3.63, 3.8) is 0 Å². The summed E-state index contributed by atoms with van der Waals surface area (Å²) in [5.74, 6) is 0. The molecule has 0 fully saturated rings. The molecule has 0 aliphatic heterocycles. The van der Waals surface area contributed by atoms with Crippen molar-refractivity contribution in [1.29, 1.82) is 0 Å². The van der Waals surface area contributed by atoms with Crippen LogP contribution >= 0.6 is 0 Å². The second-order valence-electron chi connectivity index (χ2n) is 3.32. The normalized spacial score (nSPS) is 14.4. The molecule has 0 aliphatic rings. The van der Waals surface area contributed by atoms with E-state index in [9.17, 15) is 0 Å². The average Bonchev–Trinajstić information content (AvgIpc) is 2.24. The molecule has 0 aromatic heterocycles. The Balaban J connectivity index is 4.20.